The third-order valence-corrected chi connectivity index (χ3v) is 17.8. The van der Waals surface area contributed by atoms with Gasteiger partial charge in [-0.25, -0.2) is 0 Å². The fraction of sp³-hybridized carbons (Fsp3) is 0.0886. The van der Waals surface area contributed by atoms with Crippen LogP contribution in [-0.2, 0) is 18.5 Å². The van der Waals surface area contributed by atoms with Gasteiger partial charge in [-0.05, 0) is 194 Å². The van der Waals surface area contributed by atoms with Crippen LogP contribution in [0.3, 0.4) is 0 Å². The molecule has 0 atom stereocenters. The van der Waals surface area contributed by atoms with E-state index in [1.54, 1.807) is 14.2 Å². The lowest BCUT2D eigenvalue weighted by Gasteiger charge is -2.40. The van der Waals surface area contributed by atoms with Crippen LogP contribution < -0.4 is 33.5 Å². The van der Waals surface area contributed by atoms with Crippen LogP contribution in [0.2, 0.25) is 0 Å². The Hall–Kier alpha value is -11.2. The van der Waals surface area contributed by atoms with Crippen molar-refractivity contribution < 1.29 is 23.7 Å². The molecule has 2 aromatic heterocycles. The molecule has 0 radical (unpaired) electrons. The van der Waals surface area contributed by atoms with Crippen molar-refractivity contribution in [1.29, 1.82) is 0 Å². The molecule has 0 saturated carbocycles. The summed E-state index contributed by atoms with van der Waals surface area (Å²) in [6, 6.07) is 94.6. The first kappa shape index (κ1) is 52.4. The zero-order valence-electron chi connectivity index (χ0n) is 49.1. The fourth-order valence-corrected chi connectivity index (χ4v) is 14.0. The molecule has 0 unspecified atom stereocenters. The van der Waals surface area contributed by atoms with Gasteiger partial charge in [0.1, 0.15) is 46.0 Å². The molecule has 0 amide bonds. The number of methoxy groups -OCH3 is 2. The molecular formula is C79H60N4O5. The minimum Gasteiger partial charge on any atom is -0.497 e. The largest absolute Gasteiger partial charge is 0.497 e. The number of aromatic nitrogens is 2. The molecule has 16 rings (SSSR count). The quantitative estimate of drug-likeness (QED) is 0.107. The van der Waals surface area contributed by atoms with E-state index in [9.17, 15) is 0 Å². The monoisotopic (exact) mass is 1140 g/mol. The van der Waals surface area contributed by atoms with Crippen molar-refractivity contribution in [3.05, 3.63) is 289 Å². The summed E-state index contributed by atoms with van der Waals surface area (Å²) in [7, 11) is 3.43. The van der Waals surface area contributed by atoms with Crippen molar-refractivity contribution in [1.82, 2.24) is 9.13 Å². The molecule has 9 nitrogen and oxygen atoms in total. The SMILES string of the molecule is CCn1c2cc(Oc3ccccc3)ccc2c2ccc(N(c3ccc(OC)cc3)c3ccc4c(c3)C3(c5ccccc5Oc5ccccc53)c3cc(N(c5ccc(OC)cc5)c5ccc6c7ccc(Oc8ccccc8)cc7n(CC)c6c5)ccc3-4)cc21. The van der Waals surface area contributed by atoms with Crippen LogP contribution in [0.1, 0.15) is 36.1 Å². The van der Waals surface area contributed by atoms with Gasteiger partial charge >= 0.3 is 0 Å². The molecule has 426 valence electrons. The number of anilines is 6. The summed E-state index contributed by atoms with van der Waals surface area (Å²) >= 11 is 0. The second-order valence-corrected chi connectivity index (χ2v) is 22.5. The number of hydrogen-bond acceptors (Lipinski definition) is 7. The molecule has 1 spiro atoms. The van der Waals surface area contributed by atoms with Gasteiger partial charge in [0.2, 0.25) is 0 Å². The number of aryl methyl sites for hydroxylation is 2. The minimum atomic E-state index is -0.824. The van der Waals surface area contributed by atoms with E-state index in [1.165, 1.54) is 21.5 Å². The Morgan fingerprint density at radius 1 is 0.318 bits per heavy atom. The summed E-state index contributed by atoms with van der Waals surface area (Å²) in [6.45, 7) is 5.96. The second-order valence-electron chi connectivity index (χ2n) is 22.5. The summed E-state index contributed by atoms with van der Waals surface area (Å²) in [6.07, 6.45) is 0. The number of benzene rings is 12. The molecule has 1 aliphatic heterocycles. The maximum absolute atomic E-state index is 6.95. The molecule has 0 fully saturated rings. The van der Waals surface area contributed by atoms with Crippen molar-refractivity contribution in [3.63, 3.8) is 0 Å². The maximum Gasteiger partial charge on any atom is 0.132 e. The average Bonchev–Trinajstić information content (AvgIpc) is 1.48. The number of fused-ring (bicyclic) bond motifs is 15. The Labute approximate surface area is 510 Å². The molecular weight excluding hydrogens is 1080 g/mol. The minimum absolute atomic E-state index is 0.767. The molecule has 2 aliphatic rings. The van der Waals surface area contributed by atoms with Crippen LogP contribution in [0, 0.1) is 0 Å². The third kappa shape index (κ3) is 8.37. The highest BCUT2D eigenvalue weighted by molar-refractivity contribution is 6.11. The zero-order valence-corrected chi connectivity index (χ0v) is 49.1. The Morgan fingerprint density at radius 2 is 0.659 bits per heavy atom. The fourth-order valence-electron chi connectivity index (χ4n) is 14.0. The number of hydrogen-bond donors (Lipinski definition) is 0. The highest BCUT2D eigenvalue weighted by atomic mass is 16.5. The van der Waals surface area contributed by atoms with E-state index in [2.05, 4.69) is 215 Å². The van der Waals surface area contributed by atoms with Crippen molar-refractivity contribution >= 4 is 77.7 Å². The van der Waals surface area contributed by atoms with E-state index in [-0.39, 0.29) is 0 Å². The standard InChI is InChI=1S/C79H60N4O5/c1-5-80-73-47-55(31-41-65(73)67-43-37-61(49-75(67)80)86-59-17-9-7-10-18-59)82(51-25-33-57(84-3)34-26-51)53-29-39-63-64-40-30-54(46-72(64)79(71(63)45-53)69-21-13-15-23-77(69)88-78-24-16-14-22-70(78)79)83(52-27-35-58(85-4)36-28-52)56-32-42-66-68-44-38-62(87-60-19-11-8-12-20-60)50-76(68)81(6-2)74(66)48-56/h7-50H,5-6H2,1-4H3. The lowest BCUT2D eigenvalue weighted by molar-refractivity contribution is 0.414. The molecule has 0 saturated heterocycles. The first-order chi connectivity index (χ1) is 43.4. The van der Waals surface area contributed by atoms with Gasteiger partial charge in [0, 0.05) is 92.0 Å². The topological polar surface area (TPSA) is 62.5 Å². The lowest BCUT2D eigenvalue weighted by atomic mass is 9.66. The molecule has 14 aromatic rings. The number of para-hydroxylation sites is 4. The Bertz CT molecular complexity index is 4700. The summed E-state index contributed by atoms with van der Waals surface area (Å²) in [5.41, 5.74) is 16.5. The van der Waals surface area contributed by atoms with E-state index >= 15 is 0 Å². The molecule has 1 aliphatic carbocycles. The van der Waals surface area contributed by atoms with Crippen molar-refractivity contribution in [2.75, 3.05) is 24.0 Å². The number of rotatable bonds is 14. The first-order valence-electron chi connectivity index (χ1n) is 30.0. The predicted molar refractivity (Wildman–Crippen MR) is 357 cm³/mol. The van der Waals surface area contributed by atoms with Crippen molar-refractivity contribution in [2.45, 2.75) is 32.4 Å². The predicted octanol–water partition coefficient (Wildman–Crippen LogP) is 21.0. The molecule has 12 aromatic carbocycles. The first-order valence-corrected chi connectivity index (χ1v) is 30.0. The van der Waals surface area contributed by atoms with E-state index in [4.69, 9.17) is 23.7 Å². The average molecular weight is 1150 g/mol. The van der Waals surface area contributed by atoms with Gasteiger partial charge < -0.3 is 42.6 Å². The van der Waals surface area contributed by atoms with Crippen molar-refractivity contribution in [3.8, 4) is 57.1 Å². The van der Waals surface area contributed by atoms with E-state index in [1.807, 2.05) is 84.9 Å². The summed E-state index contributed by atoms with van der Waals surface area (Å²) in [5.74, 6) is 6.41. The molecule has 9 heteroatoms. The van der Waals surface area contributed by atoms with E-state index < -0.39 is 5.41 Å². The van der Waals surface area contributed by atoms with Gasteiger partial charge in [-0.2, -0.15) is 0 Å². The van der Waals surface area contributed by atoms with Crippen LogP contribution in [0.15, 0.2) is 267 Å². The van der Waals surface area contributed by atoms with Gasteiger partial charge in [0.25, 0.3) is 0 Å². The Balaban J connectivity index is 0.884. The molecule has 0 N–H and O–H groups in total. The van der Waals surface area contributed by atoms with Gasteiger partial charge in [-0.1, -0.05) is 97.1 Å². The Kier molecular flexibility index (Phi) is 12.6. The van der Waals surface area contributed by atoms with Gasteiger partial charge in [0.15, 0.2) is 0 Å². The maximum atomic E-state index is 6.95. The number of ether oxygens (including phenoxy) is 5. The molecule has 0 bridgehead atoms. The van der Waals surface area contributed by atoms with E-state index in [0.717, 1.165) is 149 Å². The summed E-state index contributed by atoms with van der Waals surface area (Å²) in [5, 5.41) is 4.70. The van der Waals surface area contributed by atoms with Crippen LogP contribution in [-0.4, -0.2) is 23.4 Å². The number of nitrogens with zero attached hydrogens (tertiary/aromatic N) is 4. The molecule has 88 heavy (non-hydrogen) atoms. The van der Waals surface area contributed by atoms with Crippen LogP contribution in [0.5, 0.6) is 46.0 Å². The lowest BCUT2D eigenvalue weighted by Crippen LogP contribution is -2.32. The van der Waals surface area contributed by atoms with Crippen LogP contribution in [0.4, 0.5) is 34.1 Å². The van der Waals surface area contributed by atoms with Crippen molar-refractivity contribution in [2.24, 2.45) is 0 Å². The molecule has 3 heterocycles. The summed E-state index contributed by atoms with van der Waals surface area (Å²) < 4.78 is 36.1. The van der Waals surface area contributed by atoms with Gasteiger partial charge in [-0.15, -0.1) is 0 Å². The van der Waals surface area contributed by atoms with E-state index in [0.29, 0.717) is 0 Å². The smallest absolute Gasteiger partial charge is 0.132 e. The third-order valence-electron chi connectivity index (χ3n) is 17.8. The van der Waals surface area contributed by atoms with Crippen LogP contribution in [0.25, 0.3) is 54.7 Å². The Morgan fingerprint density at radius 3 is 1.07 bits per heavy atom. The normalized spacial score (nSPS) is 12.6. The van der Waals surface area contributed by atoms with Gasteiger partial charge in [-0.3, -0.25) is 0 Å². The zero-order chi connectivity index (χ0) is 59.0. The van der Waals surface area contributed by atoms with Gasteiger partial charge in [0.05, 0.1) is 41.7 Å². The summed E-state index contributed by atoms with van der Waals surface area (Å²) in [4.78, 5) is 4.77. The van der Waals surface area contributed by atoms with Crippen LogP contribution >= 0.6 is 0 Å². The highest BCUT2D eigenvalue weighted by Gasteiger charge is 2.51. The second kappa shape index (κ2) is 21.1. The highest BCUT2D eigenvalue weighted by Crippen LogP contribution is 2.63.